The molecule has 2 atom stereocenters. The van der Waals surface area contributed by atoms with Crippen LogP contribution in [0.2, 0.25) is 0 Å². The summed E-state index contributed by atoms with van der Waals surface area (Å²) >= 11 is 0. The highest BCUT2D eigenvalue weighted by Gasteiger charge is 2.25. The van der Waals surface area contributed by atoms with Crippen molar-refractivity contribution < 1.29 is 4.79 Å². The Morgan fingerprint density at radius 3 is 3.00 bits per heavy atom. The smallest absolute Gasteiger partial charge is 0.242 e. The van der Waals surface area contributed by atoms with Crippen LogP contribution >= 0.6 is 0 Å². The minimum absolute atomic E-state index is 0.101. The molecule has 0 aliphatic carbocycles. The van der Waals surface area contributed by atoms with Gasteiger partial charge in [-0.15, -0.1) is 0 Å². The van der Waals surface area contributed by atoms with E-state index in [1.54, 1.807) is 0 Å². The summed E-state index contributed by atoms with van der Waals surface area (Å²) in [6.45, 7) is 5.06. The SMILES string of the molecule is CCC(C)CNC(=O)C1Cc2ccccc2N1. The summed E-state index contributed by atoms with van der Waals surface area (Å²) in [6, 6.07) is 8.00. The lowest BCUT2D eigenvalue weighted by molar-refractivity contribution is -0.121. The molecule has 0 radical (unpaired) electrons. The monoisotopic (exact) mass is 232 g/mol. The van der Waals surface area contributed by atoms with Gasteiger partial charge in [0, 0.05) is 18.7 Å². The Morgan fingerprint density at radius 1 is 1.53 bits per heavy atom. The quantitative estimate of drug-likeness (QED) is 0.835. The number of nitrogens with one attached hydrogen (secondary N) is 2. The zero-order valence-corrected chi connectivity index (χ0v) is 10.5. The van der Waals surface area contributed by atoms with E-state index in [-0.39, 0.29) is 11.9 Å². The van der Waals surface area contributed by atoms with Crippen LogP contribution in [0.1, 0.15) is 25.8 Å². The van der Waals surface area contributed by atoms with Crippen LogP contribution < -0.4 is 10.6 Å². The molecule has 0 bridgehead atoms. The van der Waals surface area contributed by atoms with Crippen LogP contribution in [0.3, 0.4) is 0 Å². The number of amides is 1. The number of carbonyl (C=O) groups is 1. The number of fused-ring (bicyclic) bond motifs is 1. The first kappa shape index (κ1) is 12.0. The maximum Gasteiger partial charge on any atom is 0.242 e. The van der Waals surface area contributed by atoms with Gasteiger partial charge < -0.3 is 10.6 Å². The molecule has 0 fully saturated rings. The van der Waals surface area contributed by atoms with E-state index in [0.29, 0.717) is 5.92 Å². The Balaban J connectivity index is 1.88. The van der Waals surface area contributed by atoms with Crippen LogP contribution in [0.25, 0.3) is 0 Å². The lowest BCUT2D eigenvalue weighted by atomic mass is 10.1. The summed E-state index contributed by atoms with van der Waals surface area (Å²) < 4.78 is 0. The van der Waals surface area contributed by atoms with E-state index < -0.39 is 0 Å². The van der Waals surface area contributed by atoms with Crippen molar-refractivity contribution >= 4 is 11.6 Å². The van der Waals surface area contributed by atoms with Gasteiger partial charge in [0.15, 0.2) is 0 Å². The van der Waals surface area contributed by atoms with Crippen molar-refractivity contribution in [1.82, 2.24) is 5.32 Å². The predicted octanol–water partition coefficient (Wildman–Crippen LogP) is 2.19. The third kappa shape index (κ3) is 2.78. The highest BCUT2D eigenvalue weighted by molar-refractivity contribution is 5.87. The van der Waals surface area contributed by atoms with E-state index >= 15 is 0 Å². The Labute approximate surface area is 103 Å². The van der Waals surface area contributed by atoms with Gasteiger partial charge in [-0.05, 0) is 17.5 Å². The summed E-state index contributed by atoms with van der Waals surface area (Å²) in [7, 11) is 0. The molecule has 2 rings (SSSR count). The maximum absolute atomic E-state index is 12.0. The van der Waals surface area contributed by atoms with Crippen molar-refractivity contribution in [3.8, 4) is 0 Å². The van der Waals surface area contributed by atoms with Crippen LogP contribution in [-0.4, -0.2) is 18.5 Å². The zero-order valence-electron chi connectivity index (χ0n) is 10.5. The lowest BCUT2D eigenvalue weighted by Crippen LogP contribution is -2.40. The highest BCUT2D eigenvalue weighted by atomic mass is 16.2. The van der Waals surface area contributed by atoms with Crippen LogP contribution in [0.5, 0.6) is 0 Å². The number of para-hydroxylation sites is 1. The van der Waals surface area contributed by atoms with Crippen molar-refractivity contribution in [1.29, 1.82) is 0 Å². The standard InChI is InChI=1S/C14H20N2O/c1-3-10(2)9-15-14(17)13-8-11-6-4-5-7-12(11)16-13/h4-7,10,13,16H,3,8-9H2,1-2H3,(H,15,17). The molecule has 17 heavy (non-hydrogen) atoms. The van der Waals surface area contributed by atoms with Crippen molar-refractivity contribution in [3.63, 3.8) is 0 Å². The molecule has 3 heteroatoms. The van der Waals surface area contributed by atoms with Gasteiger partial charge in [-0.1, -0.05) is 38.5 Å². The van der Waals surface area contributed by atoms with E-state index in [1.165, 1.54) is 5.56 Å². The van der Waals surface area contributed by atoms with E-state index in [4.69, 9.17) is 0 Å². The van der Waals surface area contributed by atoms with Gasteiger partial charge in [0.05, 0.1) is 0 Å². The van der Waals surface area contributed by atoms with Gasteiger partial charge in [0.1, 0.15) is 6.04 Å². The minimum atomic E-state index is -0.101. The molecule has 0 spiro atoms. The number of carbonyl (C=O) groups excluding carboxylic acids is 1. The molecule has 1 aromatic carbocycles. The first-order valence-electron chi connectivity index (χ1n) is 6.33. The molecule has 2 unspecified atom stereocenters. The molecular formula is C14H20N2O. The van der Waals surface area contributed by atoms with Crippen LogP contribution in [0.15, 0.2) is 24.3 Å². The fourth-order valence-corrected chi connectivity index (χ4v) is 2.00. The Bertz CT molecular complexity index is 378. The Morgan fingerprint density at radius 2 is 2.29 bits per heavy atom. The summed E-state index contributed by atoms with van der Waals surface area (Å²) in [5, 5.41) is 6.27. The van der Waals surface area contributed by atoms with E-state index in [9.17, 15) is 4.79 Å². The van der Waals surface area contributed by atoms with Gasteiger partial charge in [0.25, 0.3) is 0 Å². The second-order valence-corrected chi connectivity index (χ2v) is 4.82. The molecule has 1 aliphatic heterocycles. The largest absolute Gasteiger partial charge is 0.373 e. The maximum atomic E-state index is 12.0. The normalized spacial score (nSPS) is 19.3. The Kier molecular flexibility index (Phi) is 3.67. The zero-order chi connectivity index (χ0) is 12.3. The van der Waals surface area contributed by atoms with E-state index in [2.05, 4.69) is 30.5 Å². The molecule has 3 nitrogen and oxygen atoms in total. The number of anilines is 1. The second-order valence-electron chi connectivity index (χ2n) is 4.82. The molecule has 0 saturated carbocycles. The second kappa shape index (κ2) is 5.21. The van der Waals surface area contributed by atoms with Gasteiger partial charge in [-0.25, -0.2) is 0 Å². The molecular weight excluding hydrogens is 212 g/mol. The molecule has 1 aromatic rings. The number of rotatable bonds is 4. The first-order valence-corrected chi connectivity index (χ1v) is 6.33. The van der Waals surface area contributed by atoms with Gasteiger partial charge >= 0.3 is 0 Å². The Hall–Kier alpha value is -1.51. The molecule has 92 valence electrons. The van der Waals surface area contributed by atoms with Crippen molar-refractivity contribution in [2.75, 3.05) is 11.9 Å². The summed E-state index contributed by atoms with van der Waals surface area (Å²) in [5.41, 5.74) is 2.33. The third-order valence-corrected chi connectivity index (χ3v) is 3.41. The average Bonchev–Trinajstić information content (AvgIpc) is 2.79. The van der Waals surface area contributed by atoms with Crippen LogP contribution in [-0.2, 0) is 11.2 Å². The molecule has 0 aromatic heterocycles. The van der Waals surface area contributed by atoms with Gasteiger partial charge in [-0.2, -0.15) is 0 Å². The summed E-state index contributed by atoms with van der Waals surface area (Å²) in [4.78, 5) is 12.0. The molecule has 0 saturated heterocycles. The number of hydrogen-bond donors (Lipinski definition) is 2. The molecule has 2 N–H and O–H groups in total. The van der Waals surface area contributed by atoms with Gasteiger partial charge in [-0.3, -0.25) is 4.79 Å². The molecule has 1 heterocycles. The number of benzene rings is 1. The fourth-order valence-electron chi connectivity index (χ4n) is 2.00. The summed E-state index contributed by atoms with van der Waals surface area (Å²) in [5.74, 6) is 0.657. The fraction of sp³-hybridized carbons (Fsp3) is 0.500. The highest BCUT2D eigenvalue weighted by Crippen LogP contribution is 2.24. The lowest BCUT2D eigenvalue weighted by Gasteiger charge is -2.14. The third-order valence-electron chi connectivity index (χ3n) is 3.41. The average molecular weight is 232 g/mol. The van der Waals surface area contributed by atoms with Gasteiger partial charge in [0.2, 0.25) is 5.91 Å². The van der Waals surface area contributed by atoms with Crippen molar-refractivity contribution in [2.24, 2.45) is 5.92 Å². The minimum Gasteiger partial charge on any atom is -0.373 e. The van der Waals surface area contributed by atoms with Crippen molar-refractivity contribution in [3.05, 3.63) is 29.8 Å². The first-order chi connectivity index (χ1) is 8.20. The van der Waals surface area contributed by atoms with Crippen LogP contribution in [0.4, 0.5) is 5.69 Å². The molecule has 1 aliphatic rings. The van der Waals surface area contributed by atoms with Crippen molar-refractivity contribution in [2.45, 2.75) is 32.7 Å². The predicted molar refractivity (Wildman–Crippen MR) is 70.0 cm³/mol. The van der Waals surface area contributed by atoms with E-state index in [0.717, 1.165) is 25.1 Å². The summed E-state index contributed by atoms with van der Waals surface area (Å²) in [6.07, 6.45) is 1.89. The number of hydrogen-bond acceptors (Lipinski definition) is 2. The van der Waals surface area contributed by atoms with E-state index in [1.807, 2.05) is 18.2 Å². The van der Waals surface area contributed by atoms with Crippen LogP contribution in [0, 0.1) is 5.92 Å². The topological polar surface area (TPSA) is 41.1 Å². The molecule has 1 amide bonds.